The average Bonchev–Trinajstić information content (AvgIpc) is 3.46. The summed E-state index contributed by atoms with van der Waals surface area (Å²) in [5, 5.41) is 20.7. The van der Waals surface area contributed by atoms with E-state index in [2.05, 4.69) is 0 Å². The molecule has 4 atom stereocenters. The van der Waals surface area contributed by atoms with Crippen molar-refractivity contribution < 1.29 is 24.4 Å². The minimum absolute atomic E-state index is 0.0228. The summed E-state index contributed by atoms with van der Waals surface area (Å²) in [4.78, 5) is 52.9. The maximum Gasteiger partial charge on any atom is 0.308 e. The minimum Gasteiger partial charge on any atom is -0.481 e. The molecule has 11 nitrogen and oxygen atoms in total. The van der Waals surface area contributed by atoms with Crippen molar-refractivity contribution in [3.8, 4) is 0 Å². The summed E-state index contributed by atoms with van der Waals surface area (Å²) in [6, 6.07) is 5.51. The molecule has 2 saturated heterocycles. The molecule has 4 unspecified atom stereocenters. The number of piperazine rings is 1. The highest BCUT2D eigenvalue weighted by Crippen LogP contribution is 2.59. The molecule has 32 heavy (non-hydrogen) atoms. The van der Waals surface area contributed by atoms with Crippen molar-refractivity contribution in [1.82, 2.24) is 9.80 Å². The number of nitrogens with zero attached hydrogens (tertiary/aromatic N) is 4. The Hall–Kier alpha value is -3.21. The zero-order chi connectivity index (χ0) is 23.2. The molecule has 0 aromatic heterocycles. The zero-order valence-corrected chi connectivity index (χ0v) is 17.8. The van der Waals surface area contributed by atoms with Gasteiger partial charge < -0.3 is 20.6 Å². The lowest BCUT2D eigenvalue weighted by Gasteiger charge is -2.44. The summed E-state index contributed by atoms with van der Waals surface area (Å²) < 4.78 is 0. The van der Waals surface area contributed by atoms with Crippen LogP contribution in [0.25, 0.3) is 0 Å². The third-order valence-electron chi connectivity index (χ3n) is 7.17. The summed E-state index contributed by atoms with van der Waals surface area (Å²) in [5.41, 5.74) is 5.88. The molecule has 2 heterocycles. The quantitative estimate of drug-likeness (QED) is 0.480. The molecule has 3 aliphatic rings. The van der Waals surface area contributed by atoms with Crippen LogP contribution in [-0.2, 0) is 14.4 Å². The number of likely N-dealkylation sites (N-methyl/N-ethyl adjacent to an activating group) is 1. The Morgan fingerprint density at radius 1 is 1.12 bits per heavy atom. The number of rotatable bonds is 5. The second kappa shape index (κ2) is 8.05. The first-order valence-corrected chi connectivity index (χ1v) is 10.6. The predicted octanol–water partition coefficient (Wildman–Crippen LogP) is 0.140. The molecule has 2 amide bonds. The van der Waals surface area contributed by atoms with Gasteiger partial charge in [-0.2, -0.15) is 0 Å². The van der Waals surface area contributed by atoms with Crippen molar-refractivity contribution >= 4 is 29.2 Å². The fourth-order valence-corrected chi connectivity index (χ4v) is 5.41. The number of primary amides is 1. The van der Waals surface area contributed by atoms with Crippen LogP contribution in [0.2, 0.25) is 0 Å². The van der Waals surface area contributed by atoms with Crippen LogP contribution in [0.5, 0.6) is 0 Å². The highest BCUT2D eigenvalue weighted by atomic mass is 16.6. The maximum absolute atomic E-state index is 13.3. The Morgan fingerprint density at radius 2 is 1.75 bits per heavy atom. The van der Waals surface area contributed by atoms with Gasteiger partial charge in [0.1, 0.15) is 6.04 Å². The van der Waals surface area contributed by atoms with Gasteiger partial charge in [0.15, 0.2) is 0 Å². The largest absolute Gasteiger partial charge is 0.481 e. The van der Waals surface area contributed by atoms with Gasteiger partial charge in [-0.1, -0.05) is 0 Å². The molecule has 1 aromatic rings. The topological polar surface area (TPSA) is 150 Å². The van der Waals surface area contributed by atoms with E-state index in [1.54, 1.807) is 29.0 Å². The van der Waals surface area contributed by atoms with Crippen LogP contribution in [0.1, 0.15) is 12.8 Å². The minimum atomic E-state index is -1.03. The highest BCUT2D eigenvalue weighted by molar-refractivity contribution is 5.89. The van der Waals surface area contributed by atoms with Crippen molar-refractivity contribution in [1.29, 1.82) is 0 Å². The van der Waals surface area contributed by atoms with E-state index < -0.39 is 34.2 Å². The van der Waals surface area contributed by atoms with Crippen molar-refractivity contribution in [3.05, 3.63) is 34.4 Å². The van der Waals surface area contributed by atoms with Gasteiger partial charge in [0.05, 0.1) is 10.8 Å². The molecule has 1 aliphatic carbocycles. The lowest BCUT2D eigenvalue weighted by molar-refractivity contribution is -0.384. The summed E-state index contributed by atoms with van der Waals surface area (Å²) in [5.74, 6) is -2.87. The van der Waals surface area contributed by atoms with Crippen molar-refractivity contribution in [2.45, 2.75) is 18.9 Å². The van der Waals surface area contributed by atoms with E-state index in [9.17, 15) is 29.6 Å². The number of carboxylic acid groups (broad SMARTS) is 1. The number of non-ortho nitro benzene ring substituents is 1. The van der Waals surface area contributed by atoms with E-state index in [0.717, 1.165) is 5.69 Å². The fraction of sp³-hybridized carbons (Fsp3) is 0.571. The summed E-state index contributed by atoms with van der Waals surface area (Å²) >= 11 is 0. The zero-order valence-electron chi connectivity index (χ0n) is 17.8. The van der Waals surface area contributed by atoms with Crippen molar-refractivity contribution in [2.24, 2.45) is 23.0 Å². The second-order valence-electron chi connectivity index (χ2n) is 9.12. The third kappa shape index (κ3) is 3.88. The highest BCUT2D eigenvalue weighted by Gasteiger charge is 2.63. The molecule has 1 saturated carbocycles. The number of piperidine rings is 1. The van der Waals surface area contributed by atoms with Gasteiger partial charge in [-0.25, -0.2) is 0 Å². The first-order valence-electron chi connectivity index (χ1n) is 10.6. The van der Waals surface area contributed by atoms with E-state index in [1.165, 1.54) is 12.1 Å². The van der Waals surface area contributed by atoms with E-state index in [-0.39, 0.29) is 23.9 Å². The number of amides is 2. The smallest absolute Gasteiger partial charge is 0.308 e. The van der Waals surface area contributed by atoms with Gasteiger partial charge in [0.25, 0.3) is 5.69 Å². The van der Waals surface area contributed by atoms with Crippen LogP contribution in [0.3, 0.4) is 0 Å². The monoisotopic (exact) mass is 445 g/mol. The number of nitro groups is 1. The number of benzene rings is 1. The molecule has 11 heteroatoms. The molecule has 1 aromatic carbocycles. The number of hydrogen-bond donors (Lipinski definition) is 2. The molecular weight excluding hydrogens is 418 g/mol. The van der Waals surface area contributed by atoms with E-state index in [4.69, 9.17) is 5.73 Å². The Kier molecular flexibility index (Phi) is 5.53. The summed E-state index contributed by atoms with van der Waals surface area (Å²) in [7, 11) is 1.74. The molecule has 3 fully saturated rings. The van der Waals surface area contributed by atoms with Gasteiger partial charge in [0.2, 0.25) is 11.8 Å². The van der Waals surface area contributed by atoms with E-state index in [0.29, 0.717) is 39.1 Å². The number of hydrogen-bond acceptors (Lipinski definition) is 7. The molecule has 1 spiro atoms. The lowest BCUT2D eigenvalue weighted by Crippen LogP contribution is -2.60. The number of nitrogens with two attached hydrogens (primary N) is 1. The van der Waals surface area contributed by atoms with Gasteiger partial charge >= 0.3 is 5.97 Å². The summed E-state index contributed by atoms with van der Waals surface area (Å²) in [6.45, 7) is 2.43. The van der Waals surface area contributed by atoms with Crippen molar-refractivity contribution in [3.63, 3.8) is 0 Å². The number of aliphatic carboxylic acids is 1. The SMILES string of the molecule is CN1CC2(CC(C(=O)O)C1C(=O)N1CCN(c3ccc([N+](=O)[O-])cc3)CC1)CC2C(N)=O. The Labute approximate surface area is 184 Å². The number of carboxylic acids is 1. The van der Waals surface area contributed by atoms with Crippen LogP contribution in [-0.4, -0.2) is 83.4 Å². The average molecular weight is 445 g/mol. The molecule has 4 rings (SSSR count). The Bertz CT molecular complexity index is 945. The molecule has 2 aliphatic heterocycles. The first kappa shape index (κ1) is 22.0. The van der Waals surface area contributed by atoms with Crippen LogP contribution in [0.4, 0.5) is 11.4 Å². The third-order valence-corrected chi connectivity index (χ3v) is 7.17. The lowest BCUT2D eigenvalue weighted by atomic mass is 9.79. The number of carbonyl (C=O) groups is 3. The molecule has 0 bridgehead atoms. The van der Waals surface area contributed by atoms with E-state index >= 15 is 0 Å². The maximum atomic E-state index is 13.3. The van der Waals surface area contributed by atoms with Crippen molar-refractivity contribution in [2.75, 3.05) is 44.7 Å². The number of carbonyl (C=O) groups excluding carboxylic acids is 2. The van der Waals surface area contributed by atoms with E-state index in [1.807, 2.05) is 4.90 Å². The van der Waals surface area contributed by atoms with Gasteiger partial charge in [0, 0.05) is 56.5 Å². The van der Waals surface area contributed by atoms with Crippen LogP contribution in [0, 0.1) is 27.4 Å². The molecular formula is C21H27N5O6. The Balaban J connectivity index is 1.41. The fourth-order valence-electron chi connectivity index (χ4n) is 5.41. The van der Waals surface area contributed by atoms with Gasteiger partial charge in [-0.05, 0) is 37.4 Å². The number of likely N-dealkylation sites (tertiary alicyclic amines) is 1. The molecule has 0 radical (unpaired) electrons. The van der Waals surface area contributed by atoms with Crippen LogP contribution >= 0.6 is 0 Å². The van der Waals surface area contributed by atoms with Gasteiger partial charge in [-0.15, -0.1) is 0 Å². The summed E-state index contributed by atoms with van der Waals surface area (Å²) in [6.07, 6.45) is 0.852. The predicted molar refractivity (Wildman–Crippen MR) is 114 cm³/mol. The van der Waals surface area contributed by atoms with Crippen LogP contribution < -0.4 is 10.6 Å². The first-order chi connectivity index (χ1) is 15.1. The standard InChI is InChI=1S/C21H27N5O6/c1-23-12-21(11-16(21)18(22)27)10-15(20(29)30)17(23)19(28)25-8-6-24(7-9-25)13-2-4-14(5-3-13)26(31)32/h2-5,15-17H,6-12H2,1H3,(H2,22,27)(H,29,30). The van der Waals surface area contributed by atoms with Crippen LogP contribution in [0.15, 0.2) is 24.3 Å². The number of anilines is 1. The normalized spacial score (nSPS) is 30.2. The van der Waals surface area contributed by atoms with Gasteiger partial charge in [-0.3, -0.25) is 29.4 Å². The molecule has 172 valence electrons. The Morgan fingerprint density at radius 3 is 2.25 bits per heavy atom. The number of nitro benzene ring substituents is 1. The second-order valence-corrected chi connectivity index (χ2v) is 9.12. The molecule has 3 N–H and O–H groups in total.